The number of oxazole rings is 1. The Labute approximate surface area is 189 Å². The molecule has 1 aromatic carbocycles. The summed E-state index contributed by atoms with van der Waals surface area (Å²) in [5.41, 5.74) is 3.14. The second-order valence-electron chi connectivity index (χ2n) is 8.83. The molecule has 0 unspecified atom stereocenters. The fraction of sp³-hybridized carbons (Fsp3) is 0.435. The zero-order chi connectivity index (χ0) is 21.6. The van der Waals surface area contributed by atoms with Crippen LogP contribution in [0.5, 0.6) is 5.75 Å². The van der Waals surface area contributed by atoms with E-state index in [2.05, 4.69) is 37.7 Å². The molecule has 2 fully saturated rings. The molecule has 0 spiro atoms. The Morgan fingerprint density at radius 2 is 1.94 bits per heavy atom. The van der Waals surface area contributed by atoms with Gasteiger partial charge in [-0.3, -0.25) is 4.79 Å². The zero-order valence-corrected chi connectivity index (χ0v) is 19.3. The van der Waals surface area contributed by atoms with Gasteiger partial charge in [-0.25, -0.2) is 4.98 Å². The van der Waals surface area contributed by atoms with E-state index in [0.29, 0.717) is 61.0 Å². The van der Waals surface area contributed by atoms with Crippen molar-refractivity contribution in [2.75, 3.05) is 37.7 Å². The Morgan fingerprint density at radius 3 is 2.68 bits per heavy atom. The van der Waals surface area contributed by atoms with Crippen molar-refractivity contribution in [3.8, 4) is 5.75 Å². The highest BCUT2D eigenvalue weighted by Crippen LogP contribution is 2.45. The van der Waals surface area contributed by atoms with Crippen LogP contribution >= 0.6 is 15.9 Å². The van der Waals surface area contributed by atoms with E-state index in [1.807, 2.05) is 42.2 Å². The Hall–Kier alpha value is -2.61. The molecular weight excluding hydrogens is 460 g/mol. The minimum absolute atomic E-state index is 0.0123. The van der Waals surface area contributed by atoms with E-state index in [9.17, 15) is 4.79 Å². The van der Waals surface area contributed by atoms with Crippen LogP contribution in [0.4, 0.5) is 6.01 Å². The molecule has 8 heteroatoms. The summed E-state index contributed by atoms with van der Waals surface area (Å²) < 4.78 is 12.7. The molecule has 162 valence electrons. The molecule has 31 heavy (non-hydrogen) atoms. The van der Waals surface area contributed by atoms with Crippen molar-refractivity contribution < 1.29 is 13.9 Å². The Kier molecular flexibility index (Phi) is 5.12. The SMILES string of the molecule is Cc1ccc2oc(N3CCN(C(=O)c4cc(Br)cc(OCC5(C)CC5)c4)CC3)nc2n1. The predicted molar refractivity (Wildman–Crippen MR) is 122 cm³/mol. The second-order valence-corrected chi connectivity index (χ2v) is 9.74. The number of amides is 1. The van der Waals surface area contributed by atoms with Crippen molar-refractivity contribution in [3.05, 3.63) is 46.1 Å². The smallest absolute Gasteiger partial charge is 0.300 e. The number of rotatable bonds is 5. The molecule has 0 atom stereocenters. The lowest BCUT2D eigenvalue weighted by atomic mass is 10.1. The maximum absolute atomic E-state index is 13.1. The van der Waals surface area contributed by atoms with Crippen molar-refractivity contribution in [3.63, 3.8) is 0 Å². The van der Waals surface area contributed by atoms with E-state index in [1.165, 1.54) is 12.8 Å². The standard InChI is InChI=1S/C23H25BrN4O3/c1-15-3-4-19-20(25-15)26-22(31-19)28-9-7-27(8-10-28)21(29)16-11-17(24)13-18(12-16)30-14-23(2)5-6-23/h3-4,11-13H,5-10,14H2,1-2H3. The predicted octanol–water partition coefficient (Wildman–Crippen LogP) is 4.44. The zero-order valence-electron chi connectivity index (χ0n) is 17.7. The summed E-state index contributed by atoms with van der Waals surface area (Å²) in [7, 11) is 0. The average Bonchev–Trinajstić information content (AvgIpc) is 3.35. The third-order valence-corrected chi connectivity index (χ3v) is 6.49. The first-order valence-corrected chi connectivity index (χ1v) is 11.4. The average molecular weight is 485 g/mol. The quantitative estimate of drug-likeness (QED) is 0.533. The lowest BCUT2D eigenvalue weighted by molar-refractivity contribution is 0.0744. The van der Waals surface area contributed by atoms with Crippen LogP contribution in [0.15, 0.2) is 39.2 Å². The van der Waals surface area contributed by atoms with Gasteiger partial charge in [0.15, 0.2) is 5.58 Å². The molecule has 0 radical (unpaired) electrons. The first-order chi connectivity index (χ1) is 14.9. The van der Waals surface area contributed by atoms with Crippen LogP contribution in [-0.2, 0) is 0 Å². The first-order valence-electron chi connectivity index (χ1n) is 10.6. The van der Waals surface area contributed by atoms with Gasteiger partial charge in [-0.2, -0.15) is 4.98 Å². The van der Waals surface area contributed by atoms with Crippen LogP contribution in [0.3, 0.4) is 0 Å². The highest BCUT2D eigenvalue weighted by atomic mass is 79.9. The molecule has 0 N–H and O–H groups in total. The normalized spacial score (nSPS) is 17.8. The van der Waals surface area contributed by atoms with Crippen LogP contribution in [0, 0.1) is 12.3 Å². The van der Waals surface area contributed by atoms with Gasteiger partial charge in [-0.15, -0.1) is 0 Å². The molecule has 0 bridgehead atoms. The van der Waals surface area contributed by atoms with Crippen molar-refractivity contribution in [2.45, 2.75) is 26.7 Å². The van der Waals surface area contributed by atoms with Crippen molar-refractivity contribution in [1.82, 2.24) is 14.9 Å². The molecular formula is C23H25BrN4O3. The summed E-state index contributed by atoms with van der Waals surface area (Å²) >= 11 is 3.52. The van der Waals surface area contributed by atoms with E-state index in [0.717, 1.165) is 15.9 Å². The van der Waals surface area contributed by atoms with Crippen LogP contribution in [-0.4, -0.2) is 53.6 Å². The highest BCUT2D eigenvalue weighted by Gasteiger charge is 2.38. The van der Waals surface area contributed by atoms with Crippen molar-refractivity contribution in [1.29, 1.82) is 0 Å². The molecule has 5 rings (SSSR count). The van der Waals surface area contributed by atoms with Gasteiger partial charge in [0, 0.05) is 47.3 Å². The maximum atomic E-state index is 13.1. The summed E-state index contributed by atoms with van der Waals surface area (Å²) in [6.07, 6.45) is 2.40. The number of benzene rings is 1. The molecule has 1 amide bonds. The fourth-order valence-corrected chi connectivity index (χ4v) is 4.18. The third-order valence-electron chi connectivity index (χ3n) is 6.03. The van der Waals surface area contributed by atoms with E-state index in [-0.39, 0.29) is 5.91 Å². The number of anilines is 1. The topological polar surface area (TPSA) is 71.7 Å². The van der Waals surface area contributed by atoms with E-state index in [1.54, 1.807) is 0 Å². The molecule has 1 aliphatic heterocycles. The number of hydrogen-bond acceptors (Lipinski definition) is 6. The highest BCUT2D eigenvalue weighted by molar-refractivity contribution is 9.10. The Balaban J connectivity index is 1.24. The number of hydrogen-bond donors (Lipinski definition) is 0. The number of pyridine rings is 1. The second kappa shape index (κ2) is 7.82. The van der Waals surface area contributed by atoms with Crippen LogP contribution in [0.25, 0.3) is 11.2 Å². The number of fused-ring (bicyclic) bond motifs is 1. The summed E-state index contributed by atoms with van der Waals surface area (Å²) in [6, 6.07) is 9.99. The van der Waals surface area contributed by atoms with Gasteiger partial charge in [0.05, 0.1) is 6.61 Å². The third kappa shape index (κ3) is 4.39. The fourth-order valence-electron chi connectivity index (χ4n) is 3.71. The number of aryl methyl sites for hydroxylation is 1. The molecule has 2 aliphatic rings. The van der Waals surface area contributed by atoms with Gasteiger partial charge < -0.3 is 19.0 Å². The number of nitrogens with zero attached hydrogens (tertiary/aromatic N) is 4. The van der Waals surface area contributed by atoms with Gasteiger partial charge >= 0.3 is 0 Å². The minimum atomic E-state index is 0.0123. The molecule has 3 heterocycles. The summed E-state index contributed by atoms with van der Waals surface area (Å²) in [5, 5.41) is 0. The number of halogens is 1. The molecule has 1 saturated carbocycles. The van der Waals surface area contributed by atoms with Crippen LogP contribution in [0.2, 0.25) is 0 Å². The van der Waals surface area contributed by atoms with Crippen molar-refractivity contribution >= 4 is 39.1 Å². The minimum Gasteiger partial charge on any atom is -0.493 e. The number of carbonyl (C=O) groups excluding carboxylic acids is 1. The molecule has 3 aromatic rings. The first kappa shape index (κ1) is 20.3. The lowest BCUT2D eigenvalue weighted by Gasteiger charge is -2.33. The molecule has 2 aromatic heterocycles. The Morgan fingerprint density at radius 1 is 1.16 bits per heavy atom. The molecule has 7 nitrogen and oxygen atoms in total. The maximum Gasteiger partial charge on any atom is 0.300 e. The Bertz CT molecular complexity index is 1130. The number of carbonyl (C=O) groups is 1. The number of aromatic nitrogens is 2. The van der Waals surface area contributed by atoms with Crippen molar-refractivity contribution in [2.24, 2.45) is 5.41 Å². The van der Waals surface area contributed by atoms with Gasteiger partial charge in [-0.1, -0.05) is 22.9 Å². The van der Waals surface area contributed by atoms with Gasteiger partial charge in [0.2, 0.25) is 5.65 Å². The van der Waals surface area contributed by atoms with Gasteiger partial charge in [-0.05, 0) is 50.1 Å². The largest absolute Gasteiger partial charge is 0.493 e. The van der Waals surface area contributed by atoms with E-state index in [4.69, 9.17) is 9.15 Å². The number of piperazine rings is 1. The lowest BCUT2D eigenvalue weighted by Crippen LogP contribution is -2.48. The van der Waals surface area contributed by atoms with Gasteiger partial charge in [0.1, 0.15) is 5.75 Å². The summed E-state index contributed by atoms with van der Waals surface area (Å²) in [6.45, 7) is 7.37. The van der Waals surface area contributed by atoms with Gasteiger partial charge in [0.25, 0.3) is 11.9 Å². The number of ether oxygens (including phenoxy) is 1. The van der Waals surface area contributed by atoms with Crippen LogP contribution < -0.4 is 9.64 Å². The monoisotopic (exact) mass is 484 g/mol. The summed E-state index contributed by atoms with van der Waals surface area (Å²) in [5.74, 6) is 0.747. The molecule has 1 saturated heterocycles. The summed E-state index contributed by atoms with van der Waals surface area (Å²) in [4.78, 5) is 26.0. The van der Waals surface area contributed by atoms with E-state index >= 15 is 0 Å². The molecule has 1 aliphatic carbocycles. The van der Waals surface area contributed by atoms with E-state index < -0.39 is 0 Å². The van der Waals surface area contributed by atoms with Crippen LogP contribution in [0.1, 0.15) is 35.8 Å².